The van der Waals surface area contributed by atoms with Crippen LogP contribution in [0.4, 0.5) is 0 Å². The Morgan fingerprint density at radius 3 is 2.59 bits per heavy atom. The Hall–Kier alpha value is -0.420. The van der Waals surface area contributed by atoms with Crippen LogP contribution in [0.3, 0.4) is 0 Å². The smallest absolute Gasteiger partial charge is 0.0959 e. The van der Waals surface area contributed by atoms with Crippen LogP contribution in [0.25, 0.3) is 0 Å². The Bertz CT molecular complexity index is 383. The van der Waals surface area contributed by atoms with E-state index in [2.05, 4.69) is 15.9 Å². The maximum Gasteiger partial charge on any atom is 0.0959 e. The van der Waals surface area contributed by atoms with E-state index in [0.717, 1.165) is 16.5 Å². The molecule has 2 atom stereocenters. The van der Waals surface area contributed by atoms with Crippen molar-refractivity contribution in [1.82, 2.24) is 0 Å². The first-order valence-electron chi connectivity index (χ1n) is 5.78. The molecule has 1 aliphatic rings. The molecule has 17 heavy (non-hydrogen) atoms. The van der Waals surface area contributed by atoms with Crippen molar-refractivity contribution in [3.63, 3.8) is 0 Å². The molecule has 0 saturated carbocycles. The first-order chi connectivity index (χ1) is 8.02. The molecular weight excluding hydrogens is 282 g/mol. The largest absolute Gasteiger partial charge is 0.385 e. The predicted molar refractivity (Wildman–Crippen MR) is 70.6 cm³/mol. The lowest BCUT2D eigenvalue weighted by molar-refractivity contribution is -0.0747. The maximum atomic E-state index is 10.9. The average Bonchev–Trinajstić information content (AvgIpc) is 2.79. The molecule has 1 saturated heterocycles. The average molecular weight is 300 g/mol. The second kappa shape index (κ2) is 4.69. The molecule has 0 bridgehead atoms. The third kappa shape index (κ3) is 2.15. The lowest BCUT2D eigenvalue weighted by Gasteiger charge is -2.41. The Labute approximate surface area is 110 Å². The first-order valence-corrected chi connectivity index (χ1v) is 6.57. The molecule has 2 rings (SSSR count). The van der Waals surface area contributed by atoms with Gasteiger partial charge >= 0.3 is 0 Å². The lowest BCUT2D eigenvalue weighted by atomic mass is 9.69. The maximum absolute atomic E-state index is 10.9. The van der Waals surface area contributed by atoms with E-state index >= 15 is 0 Å². The quantitative estimate of drug-likeness (QED) is 0.898. The second-order valence-corrected chi connectivity index (χ2v) is 5.78. The summed E-state index contributed by atoms with van der Waals surface area (Å²) in [7, 11) is 0. The third-order valence-corrected chi connectivity index (χ3v) is 4.46. The highest BCUT2D eigenvalue weighted by Gasteiger charge is 2.49. The van der Waals surface area contributed by atoms with Crippen molar-refractivity contribution < 1.29 is 9.84 Å². The fraction of sp³-hybridized carbons (Fsp3) is 0.538. The Morgan fingerprint density at radius 2 is 2.12 bits per heavy atom. The van der Waals surface area contributed by atoms with E-state index in [1.807, 2.05) is 31.2 Å². The molecule has 94 valence electrons. The van der Waals surface area contributed by atoms with Crippen LogP contribution in [0.15, 0.2) is 28.7 Å². The fourth-order valence-electron chi connectivity index (χ4n) is 2.43. The summed E-state index contributed by atoms with van der Waals surface area (Å²) < 4.78 is 6.44. The van der Waals surface area contributed by atoms with Crippen LogP contribution < -0.4 is 5.73 Å². The Kier molecular flexibility index (Phi) is 3.59. The minimum atomic E-state index is -0.959. The molecule has 0 amide bonds. The SMILES string of the molecule is CC(O)(c1ccc(Br)cc1)C1(CN)CCOC1. The van der Waals surface area contributed by atoms with Gasteiger partial charge in [0.15, 0.2) is 0 Å². The molecule has 1 aromatic rings. The van der Waals surface area contributed by atoms with Crippen molar-refractivity contribution in [3.05, 3.63) is 34.3 Å². The van der Waals surface area contributed by atoms with Crippen molar-refractivity contribution in [2.75, 3.05) is 19.8 Å². The van der Waals surface area contributed by atoms with Gasteiger partial charge in [0, 0.05) is 23.0 Å². The van der Waals surface area contributed by atoms with E-state index in [0.29, 0.717) is 19.8 Å². The monoisotopic (exact) mass is 299 g/mol. The number of hydrogen-bond donors (Lipinski definition) is 2. The molecule has 1 aromatic carbocycles. The molecule has 2 unspecified atom stereocenters. The number of aliphatic hydroxyl groups is 1. The van der Waals surface area contributed by atoms with Crippen molar-refractivity contribution in [2.24, 2.45) is 11.1 Å². The molecule has 1 aliphatic heterocycles. The van der Waals surface area contributed by atoms with E-state index in [4.69, 9.17) is 10.5 Å². The number of hydrogen-bond acceptors (Lipinski definition) is 3. The summed E-state index contributed by atoms with van der Waals surface area (Å²) in [5.41, 5.74) is 5.43. The summed E-state index contributed by atoms with van der Waals surface area (Å²) in [6.07, 6.45) is 0.798. The van der Waals surface area contributed by atoms with E-state index in [1.54, 1.807) is 0 Å². The van der Waals surface area contributed by atoms with Gasteiger partial charge in [-0.2, -0.15) is 0 Å². The lowest BCUT2D eigenvalue weighted by Crippen LogP contribution is -2.49. The fourth-order valence-corrected chi connectivity index (χ4v) is 2.70. The van der Waals surface area contributed by atoms with Crippen LogP contribution in [0, 0.1) is 5.41 Å². The standard InChI is InChI=1S/C13H18BrNO2/c1-12(16,10-2-4-11(14)5-3-10)13(8-15)6-7-17-9-13/h2-5,16H,6-9,15H2,1H3. The zero-order valence-corrected chi connectivity index (χ0v) is 11.5. The van der Waals surface area contributed by atoms with E-state index in [1.165, 1.54) is 0 Å². The number of nitrogens with two attached hydrogens (primary N) is 1. The molecule has 3 N–H and O–H groups in total. The number of benzene rings is 1. The second-order valence-electron chi connectivity index (χ2n) is 4.87. The highest BCUT2D eigenvalue weighted by atomic mass is 79.9. The van der Waals surface area contributed by atoms with Gasteiger partial charge in [-0.1, -0.05) is 28.1 Å². The molecule has 1 heterocycles. The van der Waals surface area contributed by atoms with E-state index < -0.39 is 5.60 Å². The molecule has 3 nitrogen and oxygen atoms in total. The minimum absolute atomic E-state index is 0.374. The number of halogens is 1. The van der Waals surface area contributed by atoms with Crippen LogP contribution in [-0.2, 0) is 10.3 Å². The number of rotatable bonds is 3. The van der Waals surface area contributed by atoms with Gasteiger partial charge in [0.1, 0.15) is 0 Å². The number of ether oxygens (including phenoxy) is 1. The van der Waals surface area contributed by atoms with Gasteiger partial charge in [-0.05, 0) is 31.0 Å². The van der Waals surface area contributed by atoms with Gasteiger partial charge in [-0.3, -0.25) is 0 Å². The van der Waals surface area contributed by atoms with E-state index in [-0.39, 0.29) is 5.41 Å². The van der Waals surface area contributed by atoms with Gasteiger partial charge in [0.25, 0.3) is 0 Å². The van der Waals surface area contributed by atoms with Crippen LogP contribution in [0.2, 0.25) is 0 Å². The van der Waals surface area contributed by atoms with Gasteiger partial charge in [0.2, 0.25) is 0 Å². The van der Waals surface area contributed by atoms with Gasteiger partial charge in [-0.25, -0.2) is 0 Å². The third-order valence-electron chi connectivity index (χ3n) is 3.93. The minimum Gasteiger partial charge on any atom is -0.385 e. The normalized spacial score (nSPS) is 28.0. The zero-order valence-electron chi connectivity index (χ0n) is 9.95. The van der Waals surface area contributed by atoms with Gasteiger partial charge in [0.05, 0.1) is 12.2 Å². The predicted octanol–water partition coefficient (Wildman–Crippen LogP) is 2.02. The van der Waals surface area contributed by atoms with Gasteiger partial charge < -0.3 is 15.6 Å². The van der Waals surface area contributed by atoms with Crippen molar-refractivity contribution in [1.29, 1.82) is 0 Å². The van der Waals surface area contributed by atoms with Crippen molar-refractivity contribution in [2.45, 2.75) is 18.9 Å². The molecule has 4 heteroatoms. The van der Waals surface area contributed by atoms with Crippen LogP contribution in [-0.4, -0.2) is 24.9 Å². The molecule has 0 aliphatic carbocycles. The molecular formula is C13H18BrNO2. The van der Waals surface area contributed by atoms with Crippen LogP contribution in [0.1, 0.15) is 18.9 Å². The van der Waals surface area contributed by atoms with Gasteiger partial charge in [-0.15, -0.1) is 0 Å². The summed E-state index contributed by atoms with van der Waals surface area (Å²) in [5.74, 6) is 0. The molecule has 0 spiro atoms. The Balaban J connectivity index is 2.37. The summed E-state index contributed by atoms with van der Waals surface area (Å²) in [6.45, 7) is 3.45. The summed E-state index contributed by atoms with van der Waals surface area (Å²) in [5, 5.41) is 10.9. The molecule has 1 fully saturated rings. The highest BCUT2D eigenvalue weighted by molar-refractivity contribution is 9.10. The van der Waals surface area contributed by atoms with E-state index in [9.17, 15) is 5.11 Å². The summed E-state index contributed by atoms with van der Waals surface area (Å²) in [6, 6.07) is 7.73. The topological polar surface area (TPSA) is 55.5 Å². The van der Waals surface area contributed by atoms with Crippen LogP contribution in [0.5, 0.6) is 0 Å². The zero-order chi connectivity index (χ0) is 12.5. The molecule has 0 radical (unpaired) electrons. The molecule has 0 aromatic heterocycles. The summed E-state index contributed by atoms with van der Waals surface area (Å²) >= 11 is 3.40. The van der Waals surface area contributed by atoms with Crippen LogP contribution >= 0.6 is 15.9 Å². The highest BCUT2D eigenvalue weighted by Crippen LogP contribution is 2.45. The first kappa shape index (κ1) is 13.0. The Morgan fingerprint density at radius 1 is 1.47 bits per heavy atom. The van der Waals surface area contributed by atoms with Crippen molar-refractivity contribution in [3.8, 4) is 0 Å². The summed E-state index contributed by atoms with van der Waals surface area (Å²) in [4.78, 5) is 0. The van der Waals surface area contributed by atoms with Crippen molar-refractivity contribution >= 4 is 15.9 Å².